The Labute approximate surface area is 99.2 Å². The van der Waals surface area contributed by atoms with Gasteiger partial charge in [0.1, 0.15) is 0 Å². The summed E-state index contributed by atoms with van der Waals surface area (Å²) >= 11 is 5.28. The summed E-state index contributed by atoms with van der Waals surface area (Å²) in [5.74, 6) is 1.49. The van der Waals surface area contributed by atoms with Crippen LogP contribution in [0.15, 0.2) is 0 Å². The molecule has 0 saturated heterocycles. The molecule has 1 saturated carbocycles. The van der Waals surface area contributed by atoms with E-state index < -0.39 is 0 Å². The van der Waals surface area contributed by atoms with E-state index in [1.807, 2.05) is 0 Å². The Morgan fingerprint density at radius 2 is 1.87 bits per heavy atom. The molecular weight excluding hydrogens is 204 g/mol. The summed E-state index contributed by atoms with van der Waals surface area (Å²) in [6, 6.07) is 0.565. The van der Waals surface area contributed by atoms with E-state index in [1.54, 1.807) is 0 Å². The van der Waals surface area contributed by atoms with Crippen LogP contribution >= 0.6 is 12.2 Å². The Kier molecular flexibility index (Phi) is 5.37. The highest BCUT2D eigenvalue weighted by Crippen LogP contribution is 2.28. The molecule has 15 heavy (non-hydrogen) atoms. The van der Waals surface area contributed by atoms with Crippen molar-refractivity contribution in [3.8, 4) is 0 Å². The molecule has 0 aliphatic heterocycles. The van der Waals surface area contributed by atoms with Crippen LogP contribution in [0.4, 0.5) is 0 Å². The van der Waals surface area contributed by atoms with Crippen LogP contribution in [-0.2, 0) is 0 Å². The maximum atomic E-state index is 5.28. The van der Waals surface area contributed by atoms with E-state index in [2.05, 4.69) is 31.4 Å². The summed E-state index contributed by atoms with van der Waals surface area (Å²) in [5, 5.41) is 7.55. The standard InChI is InChI=1S/C12H24N2S/c1-4-8-13-12(15)14-11-9(2)6-5-7-10(11)3/h9-11H,4-8H2,1-3H3,(H2,13,14,15). The molecule has 0 radical (unpaired) electrons. The first-order chi connectivity index (χ1) is 7.15. The van der Waals surface area contributed by atoms with Crippen LogP contribution in [-0.4, -0.2) is 17.7 Å². The summed E-state index contributed by atoms with van der Waals surface area (Å²) < 4.78 is 0. The SMILES string of the molecule is CCCNC(=S)NC1C(C)CCCC1C. The fourth-order valence-corrected chi connectivity index (χ4v) is 2.65. The van der Waals surface area contributed by atoms with Crippen LogP contribution in [0.25, 0.3) is 0 Å². The molecule has 0 amide bonds. The molecule has 2 nitrogen and oxygen atoms in total. The monoisotopic (exact) mass is 228 g/mol. The maximum Gasteiger partial charge on any atom is 0.166 e. The zero-order valence-corrected chi connectivity index (χ0v) is 11.0. The third kappa shape index (κ3) is 3.98. The highest BCUT2D eigenvalue weighted by Gasteiger charge is 2.27. The Hall–Kier alpha value is -0.310. The molecule has 1 aliphatic rings. The van der Waals surface area contributed by atoms with Gasteiger partial charge in [0.05, 0.1) is 0 Å². The zero-order chi connectivity index (χ0) is 11.3. The van der Waals surface area contributed by atoms with E-state index >= 15 is 0 Å². The van der Waals surface area contributed by atoms with Crippen LogP contribution in [0, 0.1) is 11.8 Å². The Bertz CT molecular complexity index is 196. The molecule has 0 aromatic carbocycles. The van der Waals surface area contributed by atoms with E-state index in [0.717, 1.165) is 29.9 Å². The van der Waals surface area contributed by atoms with Gasteiger partial charge in [0.15, 0.2) is 5.11 Å². The number of hydrogen-bond acceptors (Lipinski definition) is 1. The lowest BCUT2D eigenvalue weighted by Crippen LogP contribution is -2.49. The maximum absolute atomic E-state index is 5.28. The Morgan fingerprint density at radius 3 is 2.40 bits per heavy atom. The van der Waals surface area contributed by atoms with Crippen molar-refractivity contribution in [1.82, 2.24) is 10.6 Å². The molecule has 1 rings (SSSR count). The van der Waals surface area contributed by atoms with Crippen LogP contribution in [0.1, 0.15) is 46.5 Å². The van der Waals surface area contributed by atoms with Crippen LogP contribution in [0.3, 0.4) is 0 Å². The normalized spacial score (nSPS) is 31.0. The van der Waals surface area contributed by atoms with Gasteiger partial charge < -0.3 is 10.6 Å². The van der Waals surface area contributed by atoms with Crippen LogP contribution in [0.2, 0.25) is 0 Å². The second-order valence-electron chi connectivity index (χ2n) is 4.81. The van der Waals surface area contributed by atoms with E-state index in [1.165, 1.54) is 19.3 Å². The van der Waals surface area contributed by atoms with Crippen molar-refractivity contribution in [2.45, 2.75) is 52.5 Å². The average molecular weight is 228 g/mol. The molecular formula is C12H24N2S. The number of thiocarbonyl (C=S) groups is 1. The van der Waals surface area contributed by atoms with Gasteiger partial charge in [-0.1, -0.05) is 27.2 Å². The molecule has 2 atom stereocenters. The van der Waals surface area contributed by atoms with Gasteiger partial charge in [0.2, 0.25) is 0 Å². The molecule has 0 aromatic rings. The van der Waals surface area contributed by atoms with E-state index in [-0.39, 0.29) is 0 Å². The van der Waals surface area contributed by atoms with Gasteiger partial charge in [0.25, 0.3) is 0 Å². The van der Waals surface area contributed by atoms with Crippen LogP contribution < -0.4 is 10.6 Å². The first-order valence-electron chi connectivity index (χ1n) is 6.19. The fourth-order valence-electron chi connectivity index (χ4n) is 2.41. The van der Waals surface area contributed by atoms with Gasteiger partial charge in [-0.3, -0.25) is 0 Å². The molecule has 1 aliphatic carbocycles. The van der Waals surface area contributed by atoms with Gasteiger partial charge in [-0.05, 0) is 43.3 Å². The van der Waals surface area contributed by atoms with Gasteiger partial charge in [-0.15, -0.1) is 0 Å². The van der Waals surface area contributed by atoms with Crippen molar-refractivity contribution in [3.63, 3.8) is 0 Å². The lowest BCUT2D eigenvalue weighted by Gasteiger charge is -2.35. The summed E-state index contributed by atoms with van der Waals surface area (Å²) in [4.78, 5) is 0. The molecule has 0 heterocycles. The average Bonchev–Trinajstić information content (AvgIpc) is 2.21. The molecule has 1 fully saturated rings. The highest BCUT2D eigenvalue weighted by molar-refractivity contribution is 7.80. The first-order valence-corrected chi connectivity index (χ1v) is 6.60. The topological polar surface area (TPSA) is 24.1 Å². The van der Waals surface area contributed by atoms with Crippen molar-refractivity contribution >= 4 is 17.3 Å². The molecule has 2 unspecified atom stereocenters. The largest absolute Gasteiger partial charge is 0.363 e. The van der Waals surface area contributed by atoms with Crippen molar-refractivity contribution in [2.75, 3.05) is 6.54 Å². The van der Waals surface area contributed by atoms with Crippen molar-refractivity contribution in [1.29, 1.82) is 0 Å². The zero-order valence-electron chi connectivity index (χ0n) is 10.2. The van der Waals surface area contributed by atoms with Gasteiger partial charge in [-0.25, -0.2) is 0 Å². The number of hydrogen-bond donors (Lipinski definition) is 2. The van der Waals surface area contributed by atoms with Crippen molar-refractivity contribution in [2.24, 2.45) is 11.8 Å². The minimum Gasteiger partial charge on any atom is -0.363 e. The first kappa shape index (κ1) is 12.8. The van der Waals surface area contributed by atoms with Crippen molar-refractivity contribution in [3.05, 3.63) is 0 Å². The summed E-state index contributed by atoms with van der Waals surface area (Å²) in [7, 11) is 0. The van der Waals surface area contributed by atoms with E-state index in [4.69, 9.17) is 12.2 Å². The molecule has 2 N–H and O–H groups in total. The predicted molar refractivity (Wildman–Crippen MR) is 70.0 cm³/mol. The molecule has 3 heteroatoms. The van der Waals surface area contributed by atoms with Gasteiger partial charge in [0, 0.05) is 12.6 Å². The summed E-state index contributed by atoms with van der Waals surface area (Å²) in [5.41, 5.74) is 0. The lowest BCUT2D eigenvalue weighted by atomic mass is 9.79. The minimum atomic E-state index is 0.565. The number of rotatable bonds is 3. The lowest BCUT2D eigenvalue weighted by molar-refractivity contribution is 0.231. The quantitative estimate of drug-likeness (QED) is 0.726. The smallest absolute Gasteiger partial charge is 0.166 e. The Morgan fingerprint density at radius 1 is 1.27 bits per heavy atom. The second-order valence-corrected chi connectivity index (χ2v) is 5.22. The van der Waals surface area contributed by atoms with Crippen LogP contribution in [0.5, 0.6) is 0 Å². The highest BCUT2D eigenvalue weighted by atomic mass is 32.1. The summed E-state index contributed by atoms with van der Waals surface area (Å²) in [6.45, 7) is 7.79. The number of nitrogens with one attached hydrogen (secondary N) is 2. The minimum absolute atomic E-state index is 0.565. The predicted octanol–water partition coefficient (Wildman–Crippen LogP) is 2.69. The molecule has 0 aromatic heterocycles. The fraction of sp³-hybridized carbons (Fsp3) is 0.917. The molecule has 0 bridgehead atoms. The third-order valence-corrected chi connectivity index (χ3v) is 3.64. The molecule has 0 spiro atoms. The van der Waals surface area contributed by atoms with Gasteiger partial charge in [-0.2, -0.15) is 0 Å². The van der Waals surface area contributed by atoms with E-state index in [9.17, 15) is 0 Å². The van der Waals surface area contributed by atoms with Gasteiger partial charge >= 0.3 is 0 Å². The Balaban J connectivity index is 2.37. The van der Waals surface area contributed by atoms with Crippen molar-refractivity contribution < 1.29 is 0 Å². The summed E-state index contributed by atoms with van der Waals surface area (Å²) in [6.07, 6.45) is 5.16. The molecule has 88 valence electrons. The third-order valence-electron chi connectivity index (χ3n) is 3.38. The van der Waals surface area contributed by atoms with E-state index in [0.29, 0.717) is 6.04 Å². The second kappa shape index (κ2) is 6.31.